The van der Waals surface area contributed by atoms with E-state index >= 15 is 0 Å². The van der Waals surface area contributed by atoms with Gasteiger partial charge in [0.2, 0.25) is 0 Å². The van der Waals surface area contributed by atoms with E-state index in [9.17, 15) is 14.3 Å². The van der Waals surface area contributed by atoms with Crippen LogP contribution in [0.15, 0.2) is 65.0 Å². The summed E-state index contributed by atoms with van der Waals surface area (Å²) in [7, 11) is 0. The molecule has 0 saturated carbocycles. The van der Waals surface area contributed by atoms with Gasteiger partial charge in [0.15, 0.2) is 0 Å². The fraction of sp³-hybridized carbons (Fsp3) is 0.143. The fourth-order valence-electron chi connectivity index (χ4n) is 2.94. The standard InChI is InChI=1S/C21H16ClFN2O3S/c22-14-3-1-13(2-4-14)18-11-29-20-19(18)21(27)25(12-24-20)9-16(26)10-28-17-7-5-15(23)6-8-17/h1-8,11-12,16,26H,9-10H2. The van der Waals surface area contributed by atoms with E-state index in [4.69, 9.17) is 16.3 Å². The van der Waals surface area contributed by atoms with E-state index in [1.165, 1.54) is 46.5 Å². The molecule has 1 N–H and O–H groups in total. The Kier molecular flexibility index (Phi) is 5.62. The highest BCUT2D eigenvalue weighted by Gasteiger charge is 2.15. The highest BCUT2D eigenvalue weighted by molar-refractivity contribution is 7.17. The molecule has 0 aliphatic heterocycles. The Hall–Kier alpha value is -2.74. The van der Waals surface area contributed by atoms with Crippen molar-refractivity contribution in [3.63, 3.8) is 0 Å². The molecule has 2 aromatic carbocycles. The summed E-state index contributed by atoms with van der Waals surface area (Å²) in [6, 6.07) is 12.8. The molecular weight excluding hydrogens is 415 g/mol. The van der Waals surface area contributed by atoms with Crippen molar-refractivity contribution in [2.45, 2.75) is 12.6 Å². The van der Waals surface area contributed by atoms with Crippen LogP contribution in [0.4, 0.5) is 4.39 Å². The number of hydrogen-bond donors (Lipinski definition) is 1. The van der Waals surface area contributed by atoms with Gasteiger partial charge in [-0.05, 0) is 42.0 Å². The number of fused-ring (bicyclic) bond motifs is 1. The highest BCUT2D eigenvalue weighted by atomic mass is 35.5. The molecule has 4 rings (SSSR count). The summed E-state index contributed by atoms with van der Waals surface area (Å²) in [6.07, 6.45) is 0.489. The van der Waals surface area contributed by atoms with E-state index in [2.05, 4.69) is 4.98 Å². The van der Waals surface area contributed by atoms with Crippen LogP contribution >= 0.6 is 22.9 Å². The summed E-state index contributed by atoms with van der Waals surface area (Å²) < 4.78 is 19.8. The minimum Gasteiger partial charge on any atom is -0.491 e. The lowest BCUT2D eigenvalue weighted by Crippen LogP contribution is -2.30. The second-order valence-electron chi connectivity index (χ2n) is 6.46. The monoisotopic (exact) mass is 430 g/mol. The van der Waals surface area contributed by atoms with Gasteiger partial charge < -0.3 is 9.84 Å². The number of benzene rings is 2. The topological polar surface area (TPSA) is 64.4 Å². The molecule has 2 aromatic heterocycles. The number of nitrogens with zero attached hydrogens (tertiary/aromatic N) is 2. The van der Waals surface area contributed by atoms with E-state index in [-0.39, 0.29) is 24.5 Å². The van der Waals surface area contributed by atoms with Crippen LogP contribution in [0.3, 0.4) is 0 Å². The number of halogens is 2. The molecule has 1 atom stereocenters. The molecule has 0 spiro atoms. The van der Waals surface area contributed by atoms with Gasteiger partial charge in [-0.3, -0.25) is 9.36 Å². The van der Waals surface area contributed by atoms with Gasteiger partial charge in [-0.15, -0.1) is 11.3 Å². The summed E-state index contributed by atoms with van der Waals surface area (Å²) >= 11 is 7.34. The normalized spacial score (nSPS) is 12.2. The molecule has 0 radical (unpaired) electrons. The number of aliphatic hydroxyl groups is 1. The molecule has 29 heavy (non-hydrogen) atoms. The maximum absolute atomic E-state index is 13.0. The molecule has 0 aliphatic rings. The van der Waals surface area contributed by atoms with E-state index in [0.29, 0.717) is 21.0 Å². The van der Waals surface area contributed by atoms with Gasteiger partial charge in [-0.1, -0.05) is 23.7 Å². The lowest BCUT2D eigenvalue weighted by molar-refractivity contribution is 0.0914. The van der Waals surface area contributed by atoms with Gasteiger partial charge in [-0.2, -0.15) is 0 Å². The van der Waals surface area contributed by atoms with Crippen molar-refractivity contribution in [3.05, 3.63) is 81.4 Å². The molecule has 0 amide bonds. The van der Waals surface area contributed by atoms with Gasteiger partial charge in [-0.25, -0.2) is 9.37 Å². The van der Waals surface area contributed by atoms with Gasteiger partial charge in [0, 0.05) is 16.0 Å². The maximum Gasteiger partial charge on any atom is 0.262 e. The lowest BCUT2D eigenvalue weighted by Gasteiger charge is -2.14. The number of ether oxygens (including phenoxy) is 1. The molecule has 8 heteroatoms. The first-order chi connectivity index (χ1) is 14.0. The summed E-state index contributed by atoms with van der Waals surface area (Å²) in [4.78, 5) is 18.0. The average molecular weight is 431 g/mol. The SMILES string of the molecule is O=c1c2c(-c3ccc(Cl)cc3)csc2ncn1CC(O)COc1ccc(F)cc1. The van der Waals surface area contributed by atoms with Crippen molar-refractivity contribution >= 4 is 33.2 Å². The molecule has 0 saturated heterocycles. The Morgan fingerprint density at radius 3 is 2.62 bits per heavy atom. The minimum absolute atomic E-state index is 0.0267. The Bertz CT molecular complexity index is 1190. The molecule has 148 valence electrons. The quantitative estimate of drug-likeness (QED) is 0.493. The second-order valence-corrected chi connectivity index (χ2v) is 7.75. The van der Waals surface area contributed by atoms with Gasteiger partial charge in [0.25, 0.3) is 5.56 Å². The van der Waals surface area contributed by atoms with E-state index in [0.717, 1.165) is 11.1 Å². The molecule has 0 aliphatic carbocycles. The Balaban J connectivity index is 1.55. The van der Waals surface area contributed by atoms with Gasteiger partial charge in [0.05, 0.1) is 18.3 Å². The van der Waals surface area contributed by atoms with Crippen molar-refractivity contribution in [2.75, 3.05) is 6.61 Å². The minimum atomic E-state index is -0.936. The first-order valence-electron chi connectivity index (χ1n) is 8.80. The van der Waals surface area contributed by atoms with Crippen LogP contribution in [0.5, 0.6) is 5.75 Å². The van der Waals surface area contributed by atoms with Gasteiger partial charge >= 0.3 is 0 Å². The van der Waals surface area contributed by atoms with Crippen molar-refractivity contribution in [1.82, 2.24) is 9.55 Å². The number of aliphatic hydroxyl groups excluding tert-OH is 1. The third-order valence-corrected chi connectivity index (χ3v) is 5.52. The van der Waals surface area contributed by atoms with Gasteiger partial charge in [0.1, 0.15) is 29.1 Å². The predicted molar refractivity (Wildman–Crippen MR) is 112 cm³/mol. The van der Waals surface area contributed by atoms with Crippen LogP contribution in [-0.4, -0.2) is 27.4 Å². The fourth-order valence-corrected chi connectivity index (χ4v) is 3.98. The number of rotatable bonds is 6. The van der Waals surface area contributed by atoms with Crippen LogP contribution in [0.2, 0.25) is 5.02 Å². The number of aromatic nitrogens is 2. The zero-order valence-corrected chi connectivity index (χ0v) is 16.7. The highest BCUT2D eigenvalue weighted by Crippen LogP contribution is 2.31. The molecule has 0 bridgehead atoms. The predicted octanol–water partition coefficient (Wildman–Crippen LogP) is 4.36. The first kappa shape index (κ1) is 19.6. The Labute approximate surface area is 174 Å². The zero-order valence-electron chi connectivity index (χ0n) is 15.1. The van der Waals surface area contributed by atoms with E-state index in [1.54, 1.807) is 12.1 Å². The van der Waals surface area contributed by atoms with Crippen LogP contribution in [0.1, 0.15) is 0 Å². The maximum atomic E-state index is 13.0. The molecule has 2 heterocycles. The van der Waals surface area contributed by atoms with E-state index in [1.807, 2.05) is 17.5 Å². The summed E-state index contributed by atoms with van der Waals surface area (Å²) in [5.41, 5.74) is 1.42. The molecule has 1 unspecified atom stereocenters. The van der Waals surface area contributed by atoms with Crippen LogP contribution in [0, 0.1) is 5.82 Å². The molecule has 5 nitrogen and oxygen atoms in total. The molecule has 4 aromatic rings. The van der Waals surface area contributed by atoms with Crippen LogP contribution < -0.4 is 10.3 Å². The Morgan fingerprint density at radius 2 is 1.90 bits per heavy atom. The third-order valence-electron chi connectivity index (χ3n) is 4.38. The van der Waals surface area contributed by atoms with E-state index < -0.39 is 6.10 Å². The first-order valence-corrected chi connectivity index (χ1v) is 10.1. The van der Waals surface area contributed by atoms with Crippen LogP contribution in [-0.2, 0) is 6.54 Å². The summed E-state index contributed by atoms with van der Waals surface area (Å²) in [5.74, 6) is 0.0744. The summed E-state index contributed by atoms with van der Waals surface area (Å²) in [6.45, 7) is -0.0112. The van der Waals surface area contributed by atoms with Crippen molar-refractivity contribution in [3.8, 4) is 16.9 Å². The smallest absolute Gasteiger partial charge is 0.262 e. The summed E-state index contributed by atoms with van der Waals surface area (Å²) in [5, 5.41) is 13.3. The Morgan fingerprint density at radius 1 is 1.17 bits per heavy atom. The average Bonchev–Trinajstić information content (AvgIpc) is 3.15. The van der Waals surface area contributed by atoms with Crippen molar-refractivity contribution < 1.29 is 14.2 Å². The number of hydrogen-bond acceptors (Lipinski definition) is 5. The second kappa shape index (κ2) is 8.32. The van der Waals surface area contributed by atoms with Crippen molar-refractivity contribution in [1.29, 1.82) is 0 Å². The lowest BCUT2D eigenvalue weighted by atomic mass is 10.1. The van der Waals surface area contributed by atoms with Crippen LogP contribution in [0.25, 0.3) is 21.3 Å². The van der Waals surface area contributed by atoms with Crippen molar-refractivity contribution in [2.24, 2.45) is 0 Å². The third kappa shape index (κ3) is 4.32. The largest absolute Gasteiger partial charge is 0.491 e. The molecular formula is C21H16ClFN2O3S. The number of thiophene rings is 1. The zero-order chi connectivity index (χ0) is 20.4. The molecule has 0 fully saturated rings.